The molecule has 1 aromatic carbocycles. The largest absolute Gasteiger partial charge is 0.372 e. The first kappa shape index (κ1) is 19.6. The van der Waals surface area contributed by atoms with E-state index in [1.54, 1.807) is 4.90 Å². The Balaban J connectivity index is 2.11. The average molecular weight is 368 g/mol. The number of benzene rings is 1. The van der Waals surface area contributed by atoms with Crippen molar-refractivity contribution in [1.82, 2.24) is 4.90 Å². The van der Waals surface area contributed by atoms with Gasteiger partial charge in [0.15, 0.2) is 9.84 Å². The normalized spacial score (nSPS) is 18.8. The van der Waals surface area contributed by atoms with E-state index in [2.05, 4.69) is 30.1 Å². The van der Waals surface area contributed by atoms with Gasteiger partial charge in [0.1, 0.15) is 0 Å². The van der Waals surface area contributed by atoms with Gasteiger partial charge in [0.2, 0.25) is 0 Å². The van der Waals surface area contributed by atoms with Crippen LogP contribution in [-0.2, 0) is 9.84 Å². The monoisotopic (exact) mass is 367 g/mol. The van der Waals surface area contributed by atoms with E-state index < -0.39 is 9.84 Å². The third-order valence-corrected chi connectivity index (χ3v) is 6.58. The van der Waals surface area contributed by atoms with Gasteiger partial charge < -0.3 is 15.1 Å². The topological polar surface area (TPSA) is 69.7 Å². The maximum atomic E-state index is 12.6. The van der Waals surface area contributed by atoms with Crippen molar-refractivity contribution in [3.05, 3.63) is 23.8 Å². The minimum atomic E-state index is -3.01. The van der Waals surface area contributed by atoms with Crippen molar-refractivity contribution < 1.29 is 13.2 Å². The number of nitrogens with one attached hydrogen (secondary N) is 1. The minimum Gasteiger partial charge on any atom is -0.372 e. The van der Waals surface area contributed by atoms with Crippen molar-refractivity contribution in [3.8, 4) is 0 Å². The van der Waals surface area contributed by atoms with Crippen molar-refractivity contribution >= 4 is 27.2 Å². The smallest absolute Gasteiger partial charge is 0.322 e. The van der Waals surface area contributed by atoms with E-state index in [4.69, 9.17) is 0 Å². The molecule has 0 radical (unpaired) electrons. The molecule has 1 aliphatic heterocycles. The molecular formula is C18H29N3O3S. The van der Waals surface area contributed by atoms with E-state index in [0.29, 0.717) is 13.0 Å². The SMILES string of the molecule is CCN(CC)c1ccc(NC(=O)N(CC)C2CCS(=O)(=O)C2)c(C)c1. The second-order valence-corrected chi connectivity index (χ2v) is 8.67. The number of sulfone groups is 1. The second-order valence-electron chi connectivity index (χ2n) is 6.44. The first-order valence-electron chi connectivity index (χ1n) is 8.94. The molecular weight excluding hydrogens is 338 g/mol. The van der Waals surface area contributed by atoms with Crippen LogP contribution in [0, 0.1) is 6.92 Å². The second kappa shape index (κ2) is 8.08. The number of rotatable bonds is 6. The fourth-order valence-corrected chi connectivity index (χ4v) is 5.08. The molecule has 1 fully saturated rings. The molecule has 1 aromatic rings. The molecule has 2 amide bonds. The van der Waals surface area contributed by atoms with Gasteiger partial charge in [0.25, 0.3) is 0 Å². The van der Waals surface area contributed by atoms with E-state index in [1.165, 1.54) is 0 Å². The first-order chi connectivity index (χ1) is 11.8. The number of carbonyl (C=O) groups is 1. The van der Waals surface area contributed by atoms with Gasteiger partial charge in [0, 0.05) is 37.1 Å². The van der Waals surface area contributed by atoms with Crippen LogP contribution in [0.5, 0.6) is 0 Å². The van der Waals surface area contributed by atoms with E-state index in [9.17, 15) is 13.2 Å². The van der Waals surface area contributed by atoms with Crippen LogP contribution in [0.2, 0.25) is 0 Å². The predicted molar refractivity (Wildman–Crippen MR) is 103 cm³/mol. The molecule has 1 atom stereocenters. The lowest BCUT2D eigenvalue weighted by molar-refractivity contribution is 0.197. The Hall–Kier alpha value is -1.76. The Labute approximate surface area is 151 Å². The van der Waals surface area contributed by atoms with E-state index in [-0.39, 0.29) is 23.6 Å². The van der Waals surface area contributed by atoms with Gasteiger partial charge in [-0.25, -0.2) is 13.2 Å². The summed E-state index contributed by atoms with van der Waals surface area (Å²) in [7, 11) is -3.01. The van der Waals surface area contributed by atoms with Crippen LogP contribution in [-0.4, -0.2) is 56.5 Å². The summed E-state index contributed by atoms with van der Waals surface area (Å²) in [6.45, 7) is 10.4. The minimum absolute atomic E-state index is 0.0636. The van der Waals surface area contributed by atoms with Gasteiger partial charge in [0.05, 0.1) is 11.5 Å². The van der Waals surface area contributed by atoms with Crippen LogP contribution in [0.4, 0.5) is 16.2 Å². The molecule has 0 bridgehead atoms. The standard InChI is InChI=1S/C18H29N3O3S/c1-5-20(6-2)15-8-9-17(14(4)12-15)19-18(22)21(7-3)16-10-11-25(23,24)13-16/h8-9,12,16H,5-7,10-11,13H2,1-4H3,(H,19,22). The van der Waals surface area contributed by atoms with Crippen LogP contribution in [0.15, 0.2) is 18.2 Å². The van der Waals surface area contributed by atoms with E-state index in [1.807, 2.05) is 26.0 Å². The summed E-state index contributed by atoms with van der Waals surface area (Å²) in [6.07, 6.45) is 0.517. The Bertz CT molecular complexity index is 714. The molecule has 1 aliphatic rings. The molecule has 0 spiro atoms. The van der Waals surface area contributed by atoms with Crippen LogP contribution >= 0.6 is 0 Å². The zero-order chi connectivity index (χ0) is 18.6. The molecule has 1 heterocycles. The van der Waals surface area contributed by atoms with Crippen molar-refractivity contribution in [1.29, 1.82) is 0 Å². The summed E-state index contributed by atoms with van der Waals surface area (Å²) in [4.78, 5) is 16.5. The van der Waals surface area contributed by atoms with E-state index >= 15 is 0 Å². The number of carbonyl (C=O) groups excluding carboxylic acids is 1. The number of amides is 2. The predicted octanol–water partition coefficient (Wildman–Crippen LogP) is 2.88. The van der Waals surface area contributed by atoms with Crippen LogP contribution in [0.1, 0.15) is 32.8 Å². The number of hydrogen-bond acceptors (Lipinski definition) is 4. The Kier molecular flexibility index (Phi) is 6.32. The number of nitrogens with zero attached hydrogens (tertiary/aromatic N) is 2. The third-order valence-electron chi connectivity index (χ3n) is 4.83. The maximum Gasteiger partial charge on any atom is 0.322 e. The van der Waals surface area contributed by atoms with Crippen molar-refractivity contribution in [2.24, 2.45) is 0 Å². The Morgan fingerprint density at radius 2 is 1.88 bits per heavy atom. The third kappa shape index (κ3) is 4.66. The summed E-state index contributed by atoms with van der Waals surface area (Å²) in [5, 5.41) is 2.94. The summed E-state index contributed by atoms with van der Waals surface area (Å²) < 4.78 is 23.4. The molecule has 0 aliphatic carbocycles. The highest BCUT2D eigenvalue weighted by Gasteiger charge is 2.34. The fraction of sp³-hybridized carbons (Fsp3) is 0.611. The summed E-state index contributed by atoms with van der Waals surface area (Å²) in [5.74, 6) is 0.229. The average Bonchev–Trinajstić information content (AvgIpc) is 2.91. The Morgan fingerprint density at radius 1 is 1.20 bits per heavy atom. The number of urea groups is 1. The molecule has 25 heavy (non-hydrogen) atoms. The van der Waals surface area contributed by atoms with Crippen molar-refractivity contribution in [3.63, 3.8) is 0 Å². The Morgan fingerprint density at radius 3 is 2.36 bits per heavy atom. The van der Waals surface area contributed by atoms with Crippen LogP contribution < -0.4 is 10.2 Å². The molecule has 0 saturated carbocycles. The molecule has 2 rings (SSSR count). The highest BCUT2D eigenvalue weighted by Crippen LogP contribution is 2.24. The van der Waals surface area contributed by atoms with Gasteiger partial charge >= 0.3 is 6.03 Å². The lowest BCUT2D eigenvalue weighted by Crippen LogP contribution is -2.43. The van der Waals surface area contributed by atoms with Crippen molar-refractivity contribution in [2.45, 2.75) is 40.2 Å². The van der Waals surface area contributed by atoms with Gasteiger partial charge in [-0.15, -0.1) is 0 Å². The number of anilines is 2. The molecule has 1 saturated heterocycles. The first-order valence-corrected chi connectivity index (χ1v) is 10.8. The van der Waals surface area contributed by atoms with Crippen molar-refractivity contribution in [2.75, 3.05) is 41.4 Å². The number of aryl methyl sites for hydroxylation is 1. The number of hydrogen-bond donors (Lipinski definition) is 1. The van der Waals surface area contributed by atoms with Gasteiger partial charge in [-0.05, 0) is 57.9 Å². The highest BCUT2D eigenvalue weighted by molar-refractivity contribution is 7.91. The summed E-state index contributed by atoms with van der Waals surface area (Å²) in [6, 6.07) is 5.53. The van der Waals surface area contributed by atoms with Crippen LogP contribution in [0.3, 0.4) is 0 Å². The van der Waals surface area contributed by atoms with Gasteiger partial charge in [-0.3, -0.25) is 0 Å². The highest BCUT2D eigenvalue weighted by atomic mass is 32.2. The molecule has 7 heteroatoms. The zero-order valence-corrected chi connectivity index (χ0v) is 16.4. The van der Waals surface area contributed by atoms with Gasteiger partial charge in [-0.2, -0.15) is 0 Å². The molecule has 6 nitrogen and oxygen atoms in total. The van der Waals surface area contributed by atoms with Crippen LogP contribution in [0.25, 0.3) is 0 Å². The molecule has 140 valence electrons. The molecule has 1 N–H and O–H groups in total. The lowest BCUT2D eigenvalue weighted by Gasteiger charge is -2.28. The maximum absolute atomic E-state index is 12.6. The quantitative estimate of drug-likeness (QED) is 0.839. The lowest BCUT2D eigenvalue weighted by atomic mass is 10.1. The van der Waals surface area contributed by atoms with Gasteiger partial charge in [-0.1, -0.05) is 0 Å². The summed E-state index contributed by atoms with van der Waals surface area (Å²) in [5.41, 5.74) is 2.89. The molecule has 0 aromatic heterocycles. The molecule has 1 unspecified atom stereocenters. The van der Waals surface area contributed by atoms with E-state index in [0.717, 1.165) is 30.0 Å². The zero-order valence-electron chi connectivity index (χ0n) is 15.6. The summed E-state index contributed by atoms with van der Waals surface area (Å²) >= 11 is 0. The fourth-order valence-electron chi connectivity index (χ4n) is 3.35.